The lowest BCUT2D eigenvalue weighted by atomic mass is 9.90. The number of rotatable bonds is 7. The summed E-state index contributed by atoms with van der Waals surface area (Å²) < 4.78 is 0. The number of benzene rings is 1. The molecule has 138 valence electrons. The quantitative estimate of drug-likeness (QED) is 0.708. The van der Waals surface area contributed by atoms with Crippen LogP contribution >= 0.6 is 0 Å². The minimum absolute atomic E-state index is 0.180. The van der Waals surface area contributed by atoms with Crippen molar-refractivity contribution in [1.82, 2.24) is 15.5 Å². The number of carbonyl (C=O) groups is 2. The molecular formula is C19H29N3O3. The third-order valence-electron chi connectivity index (χ3n) is 4.79. The van der Waals surface area contributed by atoms with E-state index >= 15 is 0 Å². The van der Waals surface area contributed by atoms with Gasteiger partial charge in [0.1, 0.15) is 0 Å². The molecule has 1 aliphatic heterocycles. The molecule has 3 N–H and O–H groups in total. The summed E-state index contributed by atoms with van der Waals surface area (Å²) in [5.41, 5.74) is 0.489. The number of urea groups is 1. The SMILES string of the molecule is CC(C)(CCNC(=O)NC1CCN(Cc2ccccc2)CC1)C(=O)O. The zero-order valence-electron chi connectivity index (χ0n) is 15.1. The minimum Gasteiger partial charge on any atom is -0.481 e. The van der Waals surface area contributed by atoms with Crippen LogP contribution in [-0.4, -0.2) is 47.7 Å². The smallest absolute Gasteiger partial charge is 0.315 e. The molecule has 0 aromatic heterocycles. The lowest BCUT2D eigenvalue weighted by Gasteiger charge is -2.32. The summed E-state index contributed by atoms with van der Waals surface area (Å²) >= 11 is 0. The van der Waals surface area contributed by atoms with Gasteiger partial charge in [-0.25, -0.2) is 4.79 Å². The van der Waals surface area contributed by atoms with Gasteiger partial charge in [0.05, 0.1) is 5.41 Å². The highest BCUT2D eigenvalue weighted by Crippen LogP contribution is 2.19. The fraction of sp³-hybridized carbons (Fsp3) is 0.579. The van der Waals surface area contributed by atoms with Crippen LogP contribution in [0.1, 0.15) is 38.7 Å². The Morgan fingerprint density at radius 2 is 1.84 bits per heavy atom. The molecule has 1 aromatic carbocycles. The van der Waals surface area contributed by atoms with Gasteiger partial charge >= 0.3 is 12.0 Å². The van der Waals surface area contributed by atoms with Gasteiger partial charge < -0.3 is 15.7 Å². The maximum Gasteiger partial charge on any atom is 0.315 e. The first kappa shape index (κ1) is 19.2. The lowest BCUT2D eigenvalue weighted by molar-refractivity contribution is -0.147. The summed E-state index contributed by atoms with van der Waals surface area (Å²) in [4.78, 5) is 25.4. The Morgan fingerprint density at radius 1 is 1.20 bits per heavy atom. The normalized spacial score (nSPS) is 16.4. The second-order valence-corrected chi connectivity index (χ2v) is 7.38. The van der Waals surface area contributed by atoms with Gasteiger partial charge in [-0.3, -0.25) is 9.69 Å². The van der Waals surface area contributed by atoms with Crippen LogP contribution in [0.15, 0.2) is 30.3 Å². The van der Waals surface area contributed by atoms with Crippen molar-refractivity contribution in [2.24, 2.45) is 5.41 Å². The lowest BCUT2D eigenvalue weighted by Crippen LogP contribution is -2.48. The molecule has 1 fully saturated rings. The molecule has 0 unspecified atom stereocenters. The molecule has 1 heterocycles. The number of nitrogens with zero attached hydrogens (tertiary/aromatic N) is 1. The van der Waals surface area contributed by atoms with Crippen LogP contribution in [0.25, 0.3) is 0 Å². The predicted octanol–water partition coefficient (Wildman–Crippen LogP) is 2.45. The predicted molar refractivity (Wildman–Crippen MR) is 97.3 cm³/mol. The molecule has 6 heteroatoms. The van der Waals surface area contributed by atoms with Crippen LogP contribution in [0.5, 0.6) is 0 Å². The van der Waals surface area contributed by atoms with Gasteiger partial charge in [-0.15, -0.1) is 0 Å². The van der Waals surface area contributed by atoms with E-state index in [2.05, 4.69) is 39.8 Å². The number of carboxylic acids is 1. The van der Waals surface area contributed by atoms with Crippen molar-refractivity contribution >= 4 is 12.0 Å². The Hall–Kier alpha value is -2.08. The molecule has 0 saturated carbocycles. The van der Waals surface area contributed by atoms with Crippen molar-refractivity contribution in [3.63, 3.8) is 0 Å². The van der Waals surface area contributed by atoms with Crippen molar-refractivity contribution in [1.29, 1.82) is 0 Å². The number of carboxylic acid groups (broad SMARTS) is 1. The van der Waals surface area contributed by atoms with E-state index in [-0.39, 0.29) is 12.1 Å². The van der Waals surface area contributed by atoms with E-state index in [0.717, 1.165) is 32.5 Å². The molecule has 0 spiro atoms. The van der Waals surface area contributed by atoms with Crippen molar-refractivity contribution in [3.8, 4) is 0 Å². The molecule has 1 aromatic rings. The highest BCUT2D eigenvalue weighted by atomic mass is 16.4. The first-order valence-electron chi connectivity index (χ1n) is 8.91. The Labute approximate surface area is 149 Å². The van der Waals surface area contributed by atoms with Gasteiger partial charge in [0, 0.05) is 32.2 Å². The summed E-state index contributed by atoms with van der Waals surface area (Å²) in [6.07, 6.45) is 2.27. The van der Waals surface area contributed by atoms with Crippen molar-refractivity contribution < 1.29 is 14.7 Å². The average molecular weight is 347 g/mol. The highest BCUT2D eigenvalue weighted by molar-refractivity contribution is 5.75. The molecular weight excluding hydrogens is 318 g/mol. The van der Waals surface area contributed by atoms with Crippen LogP contribution in [0.3, 0.4) is 0 Å². The van der Waals surface area contributed by atoms with Crippen LogP contribution in [0, 0.1) is 5.41 Å². The number of nitrogens with one attached hydrogen (secondary N) is 2. The Balaban J connectivity index is 1.64. The van der Waals surface area contributed by atoms with Gasteiger partial charge in [-0.2, -0.15) is 0 Å². The highest BCUT2D eigenvalue weighted by Gasteiger charge is 2.27. The molecule has 2 amide bonds. The van der Waals surface area contributed by atoms with E-state index < -0.39 is 11.4 Å². The number of amides is 2. The molecule has 0 bridgehead atoms. The van der Waals surface area contributed by atoms with Crippen LogP contribution in [-0.2, 0) is 11.3 Å². The maximum atomic E-state index is 12.0. The summed E-state index contributed by atoms with van der Waals surface area (Å²) in [6.45, 7) is 6.56. The number of hydrogen-bond donors (Lipinski definition) is 3. The molecule has 6 nitrogen and oxygen atoms in total. The molecule has 25 heavy (non-hydrogen) atoms. The fourth-order valence-corrected chi connectivity index (χ4v) is 2.91. The average Bonchev–Trinajstić information content (AvgIpc) is 2.57. The van der Waals surface area contributed by atoms with Crippen molar-refractivity contribution in [3.05, 3.63) is 35.9 Å². The van der Waals surface area contributed by atoms with Crippen molar-refractivity contribution in [2.45, 2.75) is 45.7 Å². The second-order valence-electron chi connectivity index (χ2n) is 7.38. The first-order chi connectivity index (χ1) is 11.9. The van der Waals surface area contributed by atoms with E-state index in [4.69, 9.17) is 5.11 Å². The fourth-order valence-electron chi connectivity index (χ4n) is 2.91. The number of piperidine rings is 1. The van der Waals surface area contributed by atoms with Crippen LogP contribution < -0.4 is 10.6 Å². The molecule has 1 aliphatic rings. The monoisotopic (exact) mass is 347 g/mol. The molecule has 0 aliphatic carbocycles. The topological polar surface area (TPSA) is 81.7 Å². The molecule has 0 radical (unpaired) electrons. The molecule has 0 atom stereocenters. The number of carbonyl (C=O) groups excluding carboxylic acids is 1. The Bertz CT molecular complexity index is 567. The van der Waals surface area contributed by atoms with Crippen molar-refractivity contribution in [2.75, 3.05) is 19.6 Å². The van der Waals surface area contributed by atoms with E-state index in [0.29, 0.717) is 13.0 Å². The standard InChI is InChI=1S/C19H29N3O3/c1-19(2,17(23)24)10-11-20-18(25)21-16-8-12-22(13-9-16)14-15-6-4-3-5-7-15/h3-7,16H,8-14H2,1-2H3,(H,23,24)(H2,20,21,25). The molecule has 1 saturated heterocycles. The zero-order valence-corrected chi connectivity index (χ0v) is 15.1. The van der Waals surface area contributed by atoms with Gasteiger partial charge in [0.15, 0.2) is 0 Å². The minimum atomic E-state index is -0.847. The van der Waals surface area contributed by atoms with Crippen LogP contribution in [0.4, 0.5) is 4.79 Å². The third kappa shape index (κ3) is 6.38. The van der Waals surface area contributed by atoms with E-state index in [1.54, 1.807) is 13.8 Å². The van der Waals surface area contributed by atoms with Gasteiger partial charge in [0.25, 0.3) is 0 Å². The molecule has 2 rings (SSSR count). The maximum absolute atomic E-state index is 12.0. The second kappa shape index (κ2) is 8.85. The Morgan fingerprint density at radius 3 is 2.44 bits per heavy atom. The number of likely N-dealkylation sites (tertiary alicyclic amines) is 1. The number of aliphatic carboxylic acids is 1. The summed E-state index contributed by atoms with van der Waals surface area (Å²) in [5.74, 6) is -0.847. The summed E-state index contributed by atoms with van der Waals surface area (Å²) in [5, 5.41) is 14.8. The number of hydrogen-bond acceptors (Lipinski definition) is 3. The van der Waals surface area contributed by atoms with E-state index in [1.807, 2.05) is 6.07 Å². The van der Waals surface area contributed by atoms with Gasteiger partial charge in [-0.05, 0) is 38.7 Å². The first-order valence-corrected chi connectivity index (χ1v) is 8.91. The van der Waals surface area contributed by atoms with Gasteiger partial charge in [-0.1, -0.05) is 30.3 Å². The zero-order chi connectivity index (χ0) is 18.3. The Kier molecular flexibility index (Phi) is 6.82. The van der Waals surface area contributed by atoms with E-state index in [1.165, 1.54) is 5.56 Å². The summed E-state index contributed by atoms with van der Waals surface area (Å²) in [7, 11) is 0. The van der Waals surface area contributed by atoms with Crippen LogP contribution in [0.2, 0.25) is 0 Å². The summed E-state index contributed by atoms with van der Waals surface area (Å²) in [6, 6.07) is 10.4. The van der Waals surface area contributed by atoms with Gasteiger partial charge in [0.2, 0.25) is 0 Å². The third-order valence-corrected chi connectivity index (χ3v) is 4.79. The largest absolute Gasteiger partial charge is 0.481 e. The van der Waals surface area contributed by atoms with E-state index in [9.17, 15) is 9.59 Å².